The molecule has 144 valence electrons. The van der Waals surface area contributed by atoms with Gasteiger partial charge in [0.1, 0.15) is 0 Å². The van der Waals surface area contributed by atoms with Crippen LogP contribution < -0.4 is 10.2 Å². The third-order valence-electron chi connectivity index (χ3n) is 4.21. The van der Waals surface area contributed by atoms with Crippen LogP contribution in [0.25, 0.3) is 0 Å². The number of hydrogen-bond donors (Lipinski definition) is 1. The van der Waals surface area contributed by atoms with E-state index in [4.69, 9.17) is 11.6 Å². The minimum absolute atomic E-state index is 0.0778. The van der Waals surface area contributed by atoms with Crippen LogP contribution in [-0.2, 0) is 22.3 Å². The lowest BCUT2D eigenvalue weighted by atomic mass is 10.1. The molecule has 10 heteroatoms. The predicted molar refractivity (Wildman–Crippen MR) is 92.2 cm³/mol. The highest BCUT2D eigenvalue weighted by atomic mass is 35.5. The number of nitrogens with one attached hydrogen (secondary N) is 1. The van der Waals surface area contributed by atoms with Gasteiger partial charge in [-0.2, -0.15) is 18.3 Å². The number of aromatic nitrogens is 2. The van der Waals surface area contributed by atoms with Gasteiger partial charge in [0.2, 0.25) is 11.8 Å². The van der Waals surface area contributed by atoms with Crippen LogP contribution in [0, 0.1) is 5.92 Å². The molecule has 1 N–H and O–H groups in total. The molecule has 1 aliphatic heterocycles. The Hall–Kier alpha value is -2.55. The Morgan fingerprint density at radius 2 is 1.96 bits per heavy atom. The molecule has 1 saturated heterocycles. The van der Waals surface area contributed by atoms with Crippen molar-refractivity contribution in [2.75, 3.05) is 18.0 Å². The summed E-state index contributed by atoms with van der Waals surface area (Å²) in [5, 5.41) is 6.60. The fraction of sp³-hybridized carbons (Fsp3) is 0.353. The van der Waals surface area contributed by atoms with E-state index in [0.717, 1.165) is 10.7 Å². The summed E-state index contributed by atoms with van der Waals surface area (Å²) in [6.45, 7) is 0.457. The number of nitrogens with zero attached hydrogens (tertiary/aromatic N) is 3. The van der Waals surface area contributed by atoms with Gasteiger partial charge in [0.15, 0.2) is 5.69 Å². The largest absolute Gasteiger partial charge is 0.435 e. The second kappa shape index (κ2) is 7.59. The lowest BCUT2D eigenvalue weighted by Gasteiger charge is -2.16. The van der Waals surface area contributed by atoms with Crippen LogP contribution in [0.1, 0.15) is 12.1 Å². The van der Waals surface area contributed by atoms with Crippen molar-refractivity contribution in [3.8, 4) is 0 Å². The molecule has 0 bridgehead atoms. The van der Waals surface area contributed by atoms with Crippen molar-refractivity contribution in [3.05, 3.63) is 47.2 Å². The lowest BCUT2D eigenvalue weighted by Crippen LogP contribution is -2.34. The van der Waals surface area contributed by atoms with Gasteiger partial charge in [0.05, 0.1) is 12.5 Å². The Morgan fingerprint density at radius 1 is 1.26 bits per heavy atom. The van der Waals surface area contributed by atoms with Gasteiger partial charge in [-0.1, -0.05) is 11.6 Å². The topological polar surface area (TPSA) is 67.2 Å². The molecule has 2 amide bonds. The number of carbonyl (C=O) groups excluding carboxylic acids is 2. The highest BCUT2D eigenvalue weighted by Crippen LogP contribution is 2.27. The second-order valence-electron chi connectivity index (χ2n) is 6.13. The van der Waals surface area contributed by atoms with Crippen molar-refractivity contribution in [1.82, 2.24) is 15.1 Å². The van der Waals surface area contributed by atoms with Gasteiger partial charge in [0.25, 0.3) is 0 Å². The van der Waals surface area contributed by atoms with Crippen LogP contribution in [0.2, 0.25) is 5.02 Å². The van der Waals surface area contributed by atoms with Crippen LogP contribution in [0.15, 0.2) is 36.5 Å². The predicted octanol–water partition coefficient (Wildman–Crippen LogP) is 2.72. The normalized spacial score (nSPS) is 17.4. The van der Waals surface area contributed by atoms with Crippen LogP contribution in [0.3, 0.4) is 0 Å². The highest BCUT2D eigenvalue weighted by molar-refractivity contribution is 6.30. The van der Waals surface area contributed by atoms with E-state index in [-0.39, 0.29) is 37.9 Å². The standard InChI is InChI=1S/C17H16ClF3N4O2/c18-12-1-3-13(4-2-12)25-10-11(9-15(25)26)16(27)22-6-8-24-7-5-14(23-24)17(19,20)21/h1-5,7,11H,6,8-10H2,(H,22,27). The summed E-state index contributed by atoms with van der Waals surface area (Å²) in [5.41, 5.74) is -0.315. The molecule has 1 aromatic heterocycles. The van der Waals surface area contributed by atoms with Gasteiger partial charge in [-0.25, -0.2) is 0 Å². The first-order valence-corrected chi connectivity index (χ1v) is 8.56. The monoisotopic (exact) mass is 400 g/mol. The number of hydrogen-bond acceptors (Lipinski definition) is 3. The van der Waals surface area contributed by atoms with E-state index in [1.54, 1.807) is 24.3 Å². The van der Waals surface area contributed by atoms with Crippen LogP contribution in [-0.4, -0.2) is 34.7 Å². The number of anilines is 1. The minimum Gasteiger partial charge on any atom is -0.354 e. The van der Waals surface area contributed by atoms with Crippen molar-refractivity contribution in [3.63, 3.8) is 0 Å². The maximum atomic E-state index is 12.5. The van der Waals surface area contributed by atoms with E-state index in [1.807, 2.05) is 0 Å². The molecule has 0 aliphatic carbocycles. The molecule has 2 heterocycles. The third kappa shape index (κ3) is 4.60. The molecule has 1 unspecified atom stereocenters. The fourth-order valence-electron chi connectivity index (χ4n) is 2.83. The lowest BCUT2D eigenvalue weighted by molar-refractivity contribution is -0.141. The number of benzene rings is 1. The average molecular weight is 401 g/mol. The first-order valence-electron chi connectivity index (χ1n) is 8.18. The summed E-state index contributed by atoms with van der Waals surface area (Å²) in [6, 6.07) is 7.61. The second-order valence-corrected chi connectivity index (χ2v) is 6.57. The summed E-state index contributed by atoms with van der Waals surface area (Å²) >= 11 is 5.83. The maximum Gasteiger partial charge on any atom is 0.435 e. The van der Waals surface area contributed by atoms with Gasteiger partial charge in [-0.3, -0.25) is 14.3 Å². The van der Waals surface area contributed by atoms with Crippen molar-refractivity contribution in [2.45, 2.75) is 19.1 Å². The SMILES string of the molecule is O=C(NCCn1ccc(C(F)(F)F)n1)C1CC(=O)N(c2ccc(Cl)cc2)C1. The van der Waals surface area contributed by atoms with Gasteiger partial charge < -0.3 is 10.2 Å². The molecule has 1 aromatic carbocycles. The smallest absolute Gasteiger partial charge is 0.354 e. The molecule has 1 aliphatic rings. The summed E-state index contributed by atoms with van der Waals surface area (Å²) in [7, 11) is 0. The summed E-state index contributed by atoms with van der Waals surface area (Å²) in [5.74, 6) is -1.00. The first kappa shape index (κ1) is 19.2. The van der Waals surface area contributed by atoms with E-state index in [9.17, 15) is 22.8 Å². The zero-order valence-corrected chi connectivity index (χ0v) is 14.8. The molecule has 1 fully saturated rings. The Morgan fingerprint density at radius 3 is 2.59 bits per heavy atom. The van der Waals surface area contributed by atoms with Crippen molar-refractivity contribution in [2.24, 2.45) is 5.92 Å². The van der Waals surface area contributed by atoms with Crippen molar-refractivity contribution in [1.29, 1.82) is 0 Å². The molecule has 3 rings (SSSR count). The van der Waals surface area contributed by atoms with Gasteiger partial charge in [0, 0.05) is 36.4 Å². The number of halogens is 4. The number of amides is 2. The highest BCUT2D eigenvalue weighted by Gasteiger charge is 2.35. The van der Waals surface area contributed by atoms with E-state index >= 15 is 0 Å². The van der Waals surface area contributed by atoms with Gasteiger partial charge in [-0.15, -0.1) is 0 Å². The molecule has 0 spiro atoms. The summed E-state index contributed by atoms with van der Waals surface area (Å²) < 4.78 is 38.6. The number of carbonyl (C=O) groups is 2. The van der Waals surface area contributed by atoms with E-state index in [1.165, 1.54) is 11.1 Å². The van der Waals surface area contributed by atoms with Crippen LogP contribution >= 0.6 is 11.6 Å². The van der Waals surface area contributed by atoms with Crippen LogP contribution in [0.5, 0.6) is 0 Å². The molecule has 0 saturated carbocycles. The van der Waals surface area contributed by atoms with Gasteiger partial charge in [-0.05, 0) is 30.3 Å². The molecule has 0 radical (unpaired) electrons. The Balaban J connectivity index is 1.51. The molecule has 1 atom stereocenters. The van der Waals surface area contributed by atoms with E-state index in [0.29, 0.717) is 10.7 Å². The van der Waals surface area contributed by atoms with Gasteiger partial charge >= 0.3 is 6.18 Å². The molecule has 6 nitrogen and oxygen atoms in total. The molecular weight excluding hydrogens is 385 g/mol. The average Bonchev–Trinajstić information content (AvgIpc) is 3.22. The summed E-state index contributed by atoms with van der Waals surface area (Å²) in [6.07, 6.45) is -3.21. The number of alkyl halides is 3. The summed E-state index contributed by atoms with van der Waals surface area (Å²) in [4.78, 5) is 25.9. The maximum absolute atomic E-state index is 12.5. The fourth-order valence-corrected chi connectivity index (χ4v) is 2.96. The minimum atomic E-state index is -4.50. The molecular formula is C17H16ClF3N4O2. The first-order chi connectivity index (χ1) is 12.7. The Labute approximate surface area is 157 Å². The third-order valence-corrected chi connectivity index (χ3v) is 4.46. The molecule has 27 heavy (non-hydrogen) atoms. The Kier molecular flexibility index (Phi) is 5.41. The zero-order chi connectivity index (χ0) is 19.6. The number of rotatable bonds is 5. The van der Waals surface area contributed by atoms with Crippen molar-refractivity contribution >= 4 is 29.1 Å². The Bertz CT molecular complexity index is 835. The molecule has 2 aromatic rings. The van der Waals surface area contributed by atoms with E-state index in [2.05, 4.69) is 10.4 Å². The quantitative estimate of drug-likeness (QED) is 0.839. The zero-order valence-electron chi connectivity index (χ0n) is 14.0. The van der Waals surface area contributed by atoms with E-state index < -0.39 is 17.8 Å². The van der Waals surface area contributed by atoms with Crippen molar-refractivity contribution < 1.29 is 22.8 Å². The van der Waals surface area contributed by atoms with Crippen LogP contribution in [0.4, 0.5) is 18.9 Å².